The fourth-order valence-corrected chi connectivity index (χ4v) is 1.75. The molecule has 0 spiro atoms. The van der Waals surface area contributed by atoms with Gasteiger partial charge in [-0.2, -0.15) is 0 Å². The van der Waals surface area contributed by atoms with Crippen LogP contribution in [0.5, 0.6) is 0 Å². The van der Waals surface area contributed by atoms with Crippen LogP contribution in [0.4, 0.5) is 0 Å². The first kappa shape index (κ1) is 21.7. The third-order valence-electron chi connectivity index (χ3n) is 2.87. The van der Waals surface area contributed by atoms with Gasteiger partial charge in [0.25, 0.3) is 0 Å². The SMILES string of the molecule is CCOC(=O)CCCCCCOCCOCCOCCN=[N+]=[N-]. The van der Waals surface area contributed by atoms with Gasteiger partial charge in [-0.1, -0.05) is 18.0 Å². The second kappa shape index (κ2) is 18.7. The Morgan fingerprint density at radius 3 is 2.17 bits per heavy atom. The van der Waals surface area contributed by atoms with Crippen LogP contribution in [0.2, 0.25) is 0 Å². The van der Waals surface area contributed by atoms with Crippen molar-refractivity contribution in [3.05, 3.63) is 10.4 Å². The molecule has 0 aliphatic heterocycles. The van der Waals surface area contributed by atoms with Gasteiger partial charge in [0.15, 0.2) is 0 Å². The van der Waals surface area contributed by atoms with Crippen molar-refractivity contribution < 1.29 is 23.7 Å². The molecule has 0 aromatic rings. The van der Waals surface area contributed by atoms with E-state index in [1.807, 2.05) is 6.92 Å². The second-order valence-electron chi connectivity index (χ2n) is 4.76. The summed E-state index contributed by atoms with van der Waals surface area (Å²) in [6.45, 7) is 5.86. The van der Waals surface area contributed by atoms with Crippen LogP contribution >= 0.6 is 0 Å². The molecular formula is C15H29N3O5. The van der Waals surface area contributed by atoms with Crippen LogP contribution in [0.1, 0.15) is 39.0 Å². The molecule has 8 heteroatoms. The average molecular weight is 331 g/mol. The molecular weight excluding hydrogens is 302 g/mol. The van der Waals surface area contributed by atoms with E-state index in [4.69, 9.17) is 24.5 Å². The lowest BCUT2D eigenvalue weighted by atomic mass is 10.1. The van der Waals surface area contributed by atoms with Crippen LogP contribution < -0.4 is 0 Å². The van der Waals surface area contributed by atoms with Gasteiger partial charge < -0.3 is 18.9 Å². The maximum Gasteiger partial charge on any atom is 0.305 e. The molecule has 0 fully saturated rings. The molecule has 0 unspecified atom stereocenters. The average Bonchev–Trinajstić information content (AvgIpc) is 2.54. The Kier molecular flexibility index (Phi) is 17.6. The number of carbonyl (C=O) groups excluding carboxylic acids is 1. The predicted molar refractivity (Wildman–Crippen MR) is 86.2 cm³/mol. The number of nitrogens with zero attached hydrogens (tertiary/aromatic N) is 3. The van der Waals surface area contributed by atoms with Crippen LogP contribution in [-0.2, 0) is 23.7 Å². The zero-order valence-corrected chi connectivity index (χ0v) is 14.1. The van der Waals surface area contributed by atoms with Crippen LogP contribution in [0.25, 0.3) is 10.4 Å². The summed E-state index contributed by atoms with van der Waals surface area (Å²) in [6, 6.07) is 0. The van der Waals surface area contributed by atoms with Gasteiger partial charge >= 0.3 is 5.97 Å². The summed E-state index contributed by atoms with van der Waals surface area (Å²) in [5.41, 5.74) is 8.06. The lowest BCUT2D eigenvalue weighted by Gasteiger charge is -2.06. The van der Waals surface area contributed by atoms with Crippen LogP contribution in [0, 0.1) is 0 Å². The zero-order valence-electron chi connectivity index (χ0n) is 14.1. The number of hydrogen-bond acceptors (Lipinski definition) is 6. The minimum absolute atomic E-state index is 0.109. The smallest absolute Gasteiger partial charge is 0.305 e. The first-order valence-corrected chi connectivity index (χ1v) is 8.21. The largest absolute Gasteiger partial charge is 0.466 e. The van der Waals surface area contributed by atoms with Gasteiger partial charge in [0, 0.05) is 24.5 Å². The van der Waals surface area contributed by atoms with Crippen LogP contribution in [0.15, 0.2) is 5.11 Å². The Morgan fingerprint density at radius 1 is 0.913 bits per heavy atom. The summed E-state index contributed by atoms with van der Waals surface area (Å²) in [5.74, 6) is -0.109. The van der Waals surface area contributed by atoms with Crippen molar-refractivity contribution in [2.45, 2.75) is 39.0 Å². The molecule has 0 bridgehead atoms. The Hall–Kier alpha value is -1.34. The molecule has 0 saturated carbocycles. The van der Waals surface area contributed by atoms with E-state index in [2.05, 4.69) is 10.0 Å². The monoisotopic (exact) mass is 331 g/mol. The van der Waals surface area contributed by atoms with Gasteiger partial charge in [-0.15, -0.1) is 0 Å². The van der Waals surface area contributed by atoms with Crippen molar-refractivity contribution >= 4 is 5.97 Å². The summed E-state index contributed by atoms with van der Waals surface area (Å²) in [5, 5.41) is 3.35. The maximum atomic E-state index is 11.1. The Labute approximate surface area is 138 Å². The summed E-state index contributed by atoms with van der Waals surface area (Å²) in [4.78, 5) is 13.7. The van der Waals surface area contributed by atoms with E-state index in [0.717, 1.165) is 25.7 Å². The highest BCUT2D eigenvalue weighted by molar-refractivity contribution is 5.69. The van der Waals surface area contributed by atoms with Crippen LogP contribution in [-0.4, -0.2) is 58.8 Å². The van der Waals surface area contributed by atoms with Crippen molar-refractivity contribution in [1.29, 1.82) is 0 Å². The highest BCUT2D eigenvalue weighted by Crippen LogP contribution is 2.04. The quantitative estimate of drug-likeness (QED) is 0.134. The minimum Gasteiger partial charge on any atom is -0.466 e. The minimum atomic E-state index is -0.109. The van der Waals surface area contributed by atoms with Crippen molar-refractivity contribution in [3.63, 3.8) is 0 Å². The van der Waals surface area contributed by atoms with E-state index >= 15 is 0 Å². The Balaban J connectivity index is 3.05. The highest BCUT2D eigenvalue weighted by atomic mass is 16.5. The Morgan fingerprint density at radius 2 is 1.52 bits per heavy atom. The van der Waals surface area contributed by atoms with E-state index in [-0.39, 0.29) is 5.97 Å². The summed E-state index contributed by atoms with van der Waals surface area (Å²) < 4.78 is 20.8. The molecule has 23 heavy (non-hydrogen) atoms. The lowest BCUT2D eigenvalue weighted by molar-refractivity contribution is -0.143. The summed E-state index contributed by atoms with van der Waals surface area (Å²) in [7, 11) is 0. The number of hydrogen-bond donors (Lipinski definition) is 0. The molecule has 0 heterocycles. The first-order chi connectivity index (χ1) is 11.3. The number of azide groups is 1. The number of unbranched alkanes of at least 4 members (excludes halogenated alkanes) is 3. The maximum absolute atomic E-state index is 11.1. The van der Waals surface area contributed by atoms with E-state index < -0.39 is 0 Å². The van der Waals surface area contributed by atoms with Crippen molar-refractivity contribution in [2.75, 3.05) is 52.8 Å². The fourth-order valence-electron chi connectivity index (χ4n) is 1.75. The molecule has 0 rings (SSSR count). The molecule has 0 saturated heterocycles. The van der Waals surface area contributed by atoms with Gasteiger partial charge in [0.2, 0.25) is 0 Å². The van der Waals surface area contributed by atoms with E-state index in [1.165, 1.54) is 0 Å². The molecule has 0 aromatic carbocycles. The zero-order chi connectivity index (χ0) is 17.0. The molecule has 0 aliphatic carbocycles. The number of carbonyl (C=O) groups is 1. The molecule has 0 radical (unpaired) electrons. The summed E-state index contributed by atoms with van der Waals surface area (Å²) in [6.07, 6.45) is 4.45. The van der Waals surface area contributed by atoms with Gasteiger partial charge in [-0.3, -0.25) is 4.79 Å². The fraction of sp³-hybridized carbons (Fsp3) is 0.933. The van der Waals surface area contributed by atoms with Crippen molar-refractivity contribution in [2.24, 2.45) is 5.11 Å². The molecule has 0 aromatic heterocycles. The van der Waals surface area contributed by atoms with E-state index in [0.29, 0.717) is 59.2 Å². The third kappa shape index (κ3) is 18.6. The van der Waals surface area contributed by atoms with Gasteiger partial charge in [-0.25, -0.2) is 0 Å². The summed E-state index contributed by atoms with van der Waals surface area (Å²) >= 11 is 0. The first-order valence-electron chi connectivity index (χ1n) is 8.21. The van der Waals surface area contributed by atoms with Gasteiger partial charge in [0.1, 0.15) is 0 Å². The molecule has 134 valence electrons. The topological polar surface area (TPSA) is 103 Å². The number of esters is 1. The van der Waals surface area contributed by atoms with Crippen molar-refractivity contribution in [3.8, 4) is 0 Å². The van der Waals surface area contributed by atoms with Crippen molar-refractivity contribution in [1.82, 2.24) is 0 Å². The predicted octanol–water partition coefficient (Wildman–Crippen LogP) is 2.86. The number of ether oxygens (including phenoxy) is 4. The normalized spacial score (nSPS) is 10.3. The lowest BCUT2D eigenvalue weighted by Crippen LogP contribution is -2.10. The highest BCUT2D eigenvalue weighted by Gasteiger charge is 2.00. The number of rotatable bonds is 17. The molecule has 0 amide bonds. The van der Waals surface area contributed by atoms with E-state index in [1.54, 1.807) is 0 Å². The van der Waals surface area contributed by atoms with Gasteiger partial charge in [0.05, 0.1) is 39.6 Å². The van der Waals surface area contributed by atoms with Crippen LogP contribution in [0.3, 0.4) is 0 Å². The molecule has 0 atom stereocenters. The third-order valence-corrected chi connectivity index (χ3v) is 2.87. The Bertz CT molecular complexity index is 322. The molecule has 8 nitrogen and oxygen atoms in total. The van der Waals surface area contributed by atoms with E-state index in [9.17, 15) is 4.79 Å². The van der Waals surface area contributed by atoms with Gasteiger partial charge in [-0.05, 0) is 25.3 Å². The standard InChI is InChI=1S/C15H29N3O5/c1-2-23-15(19)7-5-3-4-6-9-20-11-13-22-14-12-21-10-8-17-18-16/h2-14H2,1H3. The second-order valence-corrected chi connectivity index (χ2v) is 4.76. The molecule has 0 N–H and O–H groups in total. The molecule has 0 aliphatic rings.